The van der Waals surface area contributed by atoms with E-state index in [0.717, 1.165) is 57.8 Å². The molecule has 1 fully saturated rings. The van der Waals surface area contributed by atoms with Gasteiger partial charge < -0.3 is 45.1 Å². The Morgan fingerprint density at radius 2 is 0.702 bits per heavy atom. The third-order valence-electron chi connectivity index (χ3n) is 20.1. The van der Waals surface area contributed by atoms with E-state index in [1.807, 2.05) is 6.08 Å². The molecule has 1 aliphatic heterocycles. The molecule has 0 aromatic heterocycles. The summed E-state index contributed by atoms with van der Waals surface area (Å²) >= 11 is 0. The first-order valence-corrected chi connectivity index (χ1v) is 41.6. The Bertz CT molecular complexity index is 1630. The average molecular weight is 1330 g/mol. The Labute approximate surface area is 581 Å². The van der Waals surface area contributed by atoms with Gasteiger partial charge in [0.25, 0.3) is 0 Å². The lowest BCUT2D eigenvalue weighted by atomic mass is 9.99. The largest absolute Gasteiger partial charge is 0.454 e. The normalized spacial score (nSPS) is 17.8. The Hall–Kier alpha value is -1.86. The Morgan fingerprint density at radius 3 is 1.03 bits per heavy atom. The van der Waals surface area contributed by atoms with Crippen molar-refractivity contribution in [1.82, 2.24) is 5.32 Å². The van der Waals surface area contributed by atoms with Gasteiger partial charge >= 0.3 is 5.97 Å². The van der Waals surface area contributed by atoms with Gasteiger partial charge in [-0.25, -0.2) is 0 Å². The highest BCUT2D eigenvalue weighted by Gasteiger charge is 2.47. The van der Waals surface area contributed by atoms with Crippen LogP contribution in [0.3, 0.4) is 0 Å². The van der Waals surface area contributed by atoms with E-state index >= 15 is 0 Å². The summed E-state index contributed by atoms with van der Waals surface area (Å²) in [5, 5.41) is 57.5. The van der Waals surface area contributed by atoms with Crippen LogP contribution in [-0.2, 0) is 23.8 Å². The lowest BCUT2D eigenvalue weighted by Crippen LogP contribution is -2.61. The van der Waals surface area contributed by atoms with Gasteiger partial charge in [0.1, 0.15) is 24.4 Å². The fourth-order valence-electron chi connectivity index (χ4n) is 13.6. The highest BCUT2D eigenvalue weighted by atomic mass is 16.7. The van der Waals surface area contributed by atoms with Gasteiger partial charge in [-0.05, 0) is 51.4 Å². The SMILES string of the molecule is CCCCCCCC/C=C/CCCCCCCCCCCCCCCCCCCC(=O)OC1C(OCC(NC(=O)C(O)CCCCCCCCCCCCCCCCCCCCCCCCCCCC)C(O)/C=C/CCCCCCCCCCCC)OC(CO)C(O)C1O. The summed E-state index contributed by atoms with van der Waals surface area (Å²) < 4.78 is 17.8. The number of aliphatic hydroxyl groups excluding tert-OH is 5. The smallest absolute Gasteiger partial charge is 0.306 e. The molecule has 8 atom stereocenters. The van der Waals surface area contributed by atoms with E-state index in [0.29, 0.717) is 19.3 Å². The predicted molar refractivity (Wildman–Crippen MR) is 398 cm³/mol. The summed E-state index contributed by atoms with van der Waals surface area (Å²) in [5.74, 6) is -1.17. The molecule has 11 heteroatoms. The van der Waals surface area contributed by atoms with Gasteiger partial charge in [-0.1, -0.05) is 398 Å². The van der Waals surface area contributed by atoms with Gasteiger partial charge in [-0.2, -0.15) is 0 Å². The first-order valence-electron chi connectivity index (χ1n) is 41.6. The molecule has 0 radical (unpaired) electrons. The van der Waals surface area contributed by atoms with Crippen LogP contribution < -0.4 is 5.32 Å². The van der Waals surface area contributed by atoms with Gasteiger partial charge in [-0.3, -0.25) is 9.59 Å². The average Bonchev–Trinajstić information content (AvgIpc) is 0.814. The van der Waals surface area contributed by atoms with Crippen molar-refractivity contribution < 1.29 is 49.3 Å². The summed E-state index contributed by atoms with van der Waals surface area (Å²) in [7, 11) is 0. The molecule has 1 rings (SSSR count). The standard InChI is InChI=1S/C83H159NO10/c1-4-7-10-13-16-19-22-25-27-29-31-33-35-37-39-41-43-45-47-49-51-53-56-59-62-65-68-71-78(88)94-81-80(90)79(89)77(72-85)93-83(81)92-73-74(75(86)69-66-63-60-57-54-24-21-18-15-12-9-6-3)84-82(91)76(87)70-67-64-61-58-55-52-50-48-46-44-42-40-38-36-34-32-30-28-26-23-20-17-14-11-8-5-2/h25,27,66,69,74-77,79-81,83,85-87,89-90H,4-24,26,28-65,67-68,70-73H2,1-3H3,(H,84,91)/b27-25+,69-66+. The summed E-state index contributed by atoms with van der Waals surface area (Å²) in [4.78, 5) is 26.8. The first-order chi connectivity index (χ1) is 46.2. The summed E-state index contributed by atoms with van der Waals surface area (Å²) in [6, 6.07) is -1.02. The number of carbonyl (C=O) groups excluding carboxylic acids is 2. The molecule has 0 aliphatic carbocycles. The van der Waals surface area contributed by atoms with Crippen LogP contribution in [0.1, 0.15) is 432 Å². The molecular formula is C83H159NO10. The number of nitrogens with one attached hydrogen (secondary N) is 1. The Kier molecular flexibility index (Phi) is 68.1. The lowest BCUT2D eigenvalue weighted by Gasteiger charge is -2.41. The quantitative estimate of drug-likeness (QED) is 0.0195. The van der Waals surface area contributed by atoms with Crippen LogP contribution in [0.4, 0.5) is 0 Å². The number of unbranched alkanes of at least 4 members (excludes halogenated alkanes) is 58. The molecule has 0 aromatic rings. The van der Waals surface area contributed by atoms with Gasteiger partial charge in [-0.15, -0.1) is 0 Å². The number of carbonyl (C=O) groups is 2. The van der Waals surface area contributed by atoms with E-state index in [2.05, 4.69) is 38.2 Å². The van der Waals surface area contributed by atoms with Crippen LogP contribution in [0.5, 0.6) is 0 Å². The van der Waals surface area contributed by atoms with Crippen LogP contribution in [0.15, 0.2) is 24.3 Å². The van der Waals surface area contributed by atoms with Gasteiger partial charge in [0.05, 0.1) is 25.4 Å². The highest BCUT2D eigenvalue weighted by molar-refractivity contribution is 5.80. The number of amides is 1. The molecule has 6 N–H and O–H groups in total. The molecule has 8 unspecified atom stereocenters. The molecule has 0 aromatic carbocycles. The maximum absolute atomic E-state index is 13.5. The molecule has 556 valence electrons. The molecular weight excluding hydrogens is 1170 g/mol. The van der Waals surface area contributed by atoms with E-state index in [1.54, 1.807) is 6.08 Å². The van der Waals surface area contributed by atoms with E-state index in [1.165, 1.54) is 327 Å². The van der Waals surface area contributed by atoms with Crippen molar-refractivity contribution in [1.29, 1.82) is 0 Å². The lowest BCUT2D eigenvalue weighted by molar-refractivity contribution is -0.305. The highest BCUT2D eigenvalue weighted by Crippen LogP contribution is 2.27. The van der Waals surface area contributed by atoms with Crippen molar-refractivity contribution in [3.8, 4) is 0 Å². The van der Waals surface area contributed by atoms with E-state index < -0.39 is 67.4 Å². The van der Waals surface area contributed by atoms with Crippen LogP contribution in [-0.4, -0.2) is 99.6 Å². The molecule has 11 nitrogen and oxygen atoms in total. The topological polar surface area (TPSA) is 175 Å². The maximum atomic E-state index is 13.5. The molecule has 1 aliphatic rings. The Balaban J connectivity index is 2.45. The third-order valence-corrected chi connectivity index (χ3v) is 20.1. The summed E-state index contributed by atoms with van der Waals surface area (Å²) in [6.45, 7) is 5.88. The summed E-state index contributed by atoms with van der Waals surface area (Å²) in [6.07, 6.45) is 78.2. The zero-order chi connectivity index (χ0) is 68.1. The van der Waals surface area contributed by atoms with Crippen molar-refractivity contribution >= 4 is 11.9 Å². The maximum Gasteiger partial charge on any atom is 0.306 e. The summed E-state index contributed by atoms with van der Waals surface area (Å²) in [5.41, 5.74) is 0. The minimum atomic E-state index is -1.61. The number of esters is 1. The molecule has 0 saturated carbocycles. The number of aliphatic hydroxyl groups is 5. The number of rotatable bonds is 74. The van der Waals surface area contributed by atoms with Gasteiger partial charge in [0.15, 0.2) is 12.4 Å². The fraction of sp³-hybridized carbons (Fsp3) is 0.928. The van der Waals surface area contributed by atoms with Crippen LogP contribution in [0.2, 0.25) is 0 Å². The minimum Gasteiger partial charge on any atom is -0.454 e. The van der Waals surface area contributed by atoms with Crippen LogP contribution in [0, 0.1) is 0 Å². The molecule has 1 amide bonds. The van der Waals surface area contributed by atoms with Gasteiger partial charge in [0.2, 0.25) is 5.91 Å². The van der Waals surface area contributed by atoms with Gasteiger partial charge in [0, 0.05) is 6.42 Å². The van der Waals surface area contributed by atoms with Crippen molar-refractivity contribution in [3.05, 3.63) is 24.3 Å². The second-order valence-corrected chi connectivity index (χ2v) is 29.2. The molecule has 94 heavy (non-hydrogen) atoms. The predicted octanol–water partition coefficient (Wildman–Crippen LogP) is 22.7. The van der Waals surface area contributed by atoms with Crippen molar-refractivity contribution in [2.75, 3.05) is 13.2 Å². The van der Waals surface area contributed by atoms with E-state index in [-0.39, 0.29) is 13.0 Å². The van der Waals surface area contributed by atoms with E-state index in [9.17, 15) is 35.1 Å². The number of hydrogen-bond acceptors (Lipinski definition) is 10. The number of hydrogen-bond donors (Lipinski definition) is 6. The van der Waals surface area contributed by atoms with E-state index in [4.69, 9.17) is 14.2 Å². The monoisotopic (exact) mass is 1330 g/mol. The second kappa shape index (κ2) is 71.0. The molecule has 1 saturated heterocycles. The number of ether oxygens (including phenoxy) is 3. The second-order valence-electron chi connectivity index (χ2n) is 29.2. The number of allylic oxidation sites excluding steroid dienone is 3. The Morgan fingerprint density at radius 1 is 0.404 bits per heavy atom. The van der Waals surface area contributed by atoms with Crippen LogP contribution in [0.25, 0.3) is 0 Å². The van der Waals surface area contributed by atoms with Crippen molar-refractivity contribution in [2.24, 2.45) is 0 Å². The zero-order valence-corrected chi connectivity index (χ0v) is 62.4. The first kappa shape index (κ1) is 90.2. The van der Waals surface area contributed by atoms with Crippen LogP contribution >= 0.6 is 0 Å². The molecule has 0 spiro atoms. The molecule has 0 bridgehead atoms. The molecule has 1 heterocycles. The fourth-order valence-corrected chi connectivity index (χ4v) is 13.6. The zero-order valence-electron chi connectivity index (χ0n) is 62.4. The van der Waals surface area contributed by atoms with Crippen molar-refractivity contribution in [2.45, 2.75) is 481 Å². The third kappa shape index (κ3) is 57.0. The minimum absolute atomic E-state index is 0.130. The van der Waals surface area contributed by atoms with Crippen molar-refractivity contribution in [3.63, 3.8) is 0 Å².